The van der Waals surface area contributed by atoms with Crippen LogP contribution >= 0.6 is 34.2 Å². The number of aromatic nitrogens is 1. The Hall–Kier alpha value is -0.110. The molecule has 1 aliphatic heterocycles. The van der Waals surface area contributed by atoms with Gasteiger partial charge in [0.2, 0.25) is 5.88 Å². The van der Waals surface area contributed by atoms with Gasteiger partial charge in [-0.3, -0.25) is 0 Å². The quantitative estimate of drug-likeness (QED) is 0.654. The third-order valence-corrected chi connectivity index (χ3v) is 3.07. The van der Waals surface area contributed by atoms with Crippen LogP contribution in [0.5, 0.6) is 5.88 Å². The molecule has 0 bridgehead atoms. The third kappa shape index (κ3) is 2.72. The predicted octanol–water partition coefficient (Wildman–Crippen LogP) is 1.48. The van der Waals surface area contributed by atoms with E-state index in [0.717, 1.165) is 3.57 Å². The molecule has 0 amide bonds. The molecule has 1 fully saturated rings. The maximum Gasteiger partial charge on any atom is 0.228 e. The summed E-state index contributed by atoms with van der Waals surface area (Å²) < 4.78 is 11.5. The Balaban J connectivity index is 2.12. The minimum Gasteiger partial charge on any atom is -0.468 e. The molecule has 1 aromatic rings. The molecule has 15 heavy (non-hydrogen) atoms. The van der Waals surface area contributed by atoms with Crippen LogP contribution in [0.2, 0.25) is 5.15 Å². The van der Waals surface area contributed by atoms with Crippen LogP contribution in [0.1, 0.15) is 0 Å². The van der Waals surface area contributed by atoms with Crippen LogP contribution in [0, 0.1) is 3.57 Å². The topological polar surface area (TPSA) is 51.6 Å². The molecule has 0 unspecified atom stereocenters. The van der Waals surface area contributed by atoms with Crippen LogP contribution < -0.4 is 4.74 Å². The smallest absolute Gasteiger partial charge is 0.228 e. The molecule has 1 aliphatic rings. The molecule has 1 N–H and O–H groups in total. The SMILES string of the molecule is O[C@@H]1COC[C@H]1Oc1nc(Cl)ccc1I. The van der Waals surface area contributed by atoms with Gasteiger partial charge in [0, 0.05) is 0 Å². The molecule has 82 valence electrons. The first-order valence-electron chi connectivity index (χ1n) is 4.41. The van der Waals surface area contributed by atoms with Crippen LogP contribution in [-0.4, -0.2) is 35.5 Å². The van der Waals surface area contributed by atoms with Crippen molar-refractivity contribution >= 4 is 34.2 Å². The summed E-state index contributed by atoms with van der Waals surface area (Å²) >= 11 is 7.85. The largest absolute Gasteiger partial charge is 0.468 e. The second-order valence-corrected chi connectivity index (χ2v) is 4.73. The molecule has 0 radical (unpaired) electrons. The van der Waals surface area contributed by atoms with Gasteiger partial charge in [0.05, 0.1) is 16.8 Å². The summed E-state index contributed by atoms with van der Waals surface area (Å²) in [7, 11) is 0. The summed E-state index contributed by atoms with van der Waals surface area (Å²) in [6.07, 6.45) is -0.953. The van der Waals surface area contributed by atoms with Crippen LogP contribution in [-0.2, 0) is 4.74 Å². The lowest BCUT2D eigenvalue weighted by atomic mass is 10.3. The number of nitrogens with zero attached hydrogens (tertiary/aromatic N) is 1. The molecule has 6 heteroatoms. The molecule has 1 saturated heterocycles. The molecular weight excluding hydrogens is 332 g/mol. The first-order chi connectivity index (χ1) is 7.16. The summed E-state index contributed by atoms with van der Waals surface area (Å²) in [6, 6.07) is 3.51. The highest BCUT2D eigenvalue weighted by molar-refractivity contribution is 14.1. The highest BCUT2D eigenvalue weighted by Crippen LogP contribution is 2.23. The molecule has 0 spiro atoms. The number of aliphatic hydroxyl groups is 1. The van der Waals surface area contributed by atoms with Crippen molar-refractivity contribution < 1.29 is 14.6 Å². The van der Waals surface area contributed by atoms with E-state index in [9.17, 15) is 5.11 Å². The minimum atomic E-state index is -0.596. The fraction of sp³-hybridized carbons (Fsp3) is 0.444. The van der Waals surface area contributed by atoms with Crippen molar-refractivity contribution in [3.8, 4) is 5.88 Å². The first kappa shape index (κ1) is 11.4. The Morgan fingerprint density at radius 3 is 3.00 bits per heavy atom. The van der Waals surface area contributed by atoms with Gasteiger partial charge in [0.1, 0.15) is 11.3 Å². The Kier molecular flexibility index (Phi) is 3.65. The number of halogens is 2. The Morgan fingerprint density at radius 1 is 1.53 bits per heavy atom. The van der Waals surface area contributed by atoms with E-state index < -0.39 is 6.10 Å². The van der Waals surface area contributed by atoms with E-state index in [1.54, 1.807) is 6.07 Å². The van der Waals surface area contributed by atoms with Crippen molar-refractivity contribution in [3.05, 3.63) is 20.9 Å². The summed E-state index contributed by atoms with van der Waals surface area (Å²) in [5, 5.41) is 9.87. The molecule has 2 heterocycles. The van der Waals surface area contributed by atoms with E-state index in [0.29, 0.717) is 24.2 Å². The van der Waals surface area contributed by atoms with Crippen molar-refractivity contribution in [1.29, 1.82) is 0 Å². The van der Waals surface area contributed by atoms with Gasteiger partial charge in [-0.25, -0.2) is 4.98 Å². The van der Waals surface area contributed by atoms with Gasteiger partial charge in [0.15, 0.2) is 6.10 Å². The Labute approximate surface area is 106 Å². The van der Waals surface area contributed by atoms with E-state index in [-0.39, 0.29) is 6.10 Å². The third-order valence-electron chi connectivity index (χ3n) is 2.04. The van der Waals surface area contributed by atoms with Crippen LogP contribution in [0.4, 0.5) is 0 Å². The number of aliphatic hydroxyl groups excluding tert-OH is 1. The first-order valence-corrected chi connectivity index (χ1v) is 5.87. The van der Waals surface area contributed by atoms with Gasteiger partial charge in [-0.05, 0) is 34.7 Å². The van der Waals surface area contributed by atoms with Crippen LogP contribution in [0.25, 0.3) is 0 Å². The van der Waals surface area contributed by atoms with Gasteiger partial charge in [-0.15, -0.1) is 0 Å². The number of pyridine rings is 1. The zero-order chi connectivity index (χ0) is 10.8. The Morgan fingerprint density at radius 2 is 2.33 bits per heavy atom. The van der Waals surface area contributed by atoms with Gasteiger partial charge in [-0.1, -0.05) is 11.6 Å². The van der Waals surface area contributed by atoms with Crippen LogP contribution in [0.3, 0.4) is 0 Å². The fourth-order valence-electron chi connectivity index (χ4n) is 1.26. The normalized spacial score (nSPS) is 25.5. The van der Waals surface area contributed by atoms with Crippen molar-refractivity contribution in [2.24, 2.45) is 0 Å². The highest BCUT2D eigenvalue weighted by Gasteiger charge is 2.28. The summed E-state index contributed by atoms with van der Waals surface area (Å²) in [5.41, 5.74) is 0. The van der Waals surface area contributed by atoms with Crippen LogP contribution in [0.15, 0.2) is 12.1 Å². The molecule has 0 aromatic carbocycles. The number of rotatable bonds is 2. The van der Waals surface area contributed by atoms with E-state index in [4.69, 9.17) is 21.1 Å². The van der Waals surface area contributed by atoms with E-state index in [1.807, 2.05) is 6.07 Å². The maximum absolute atomic E-state index is 9.50. The van der Waals surface area contributed by atoms with Gasteiger partial charge >= 0.3 is 0 Å². The predicted molar refractivity (Wildman–Crippen MR) is 63.2 cm³/mol. The molecule has 1 aromatic heterocycles. The van der Waals surface area contributed by atoms with Crippen molar-refractivity contribution in [2.45, 2.75) is 12.2 Å². The molecular formula is C9H9ClINO3. The summed E-state index contributed by atoms with van der Waals surface area (Å²) in [5.74, 6) is 0.442. The zero-order valence-electron chi connectivity index (χ0n) is 7.69. The zero-order valence-corrected chi connectivity index (χ0v) is 10.6. The number of hydrogen-bond acceptors (Lipinski definition) is 4. The van der Waals surface area contributed by atoms with Crippen molar-refractivity contribution in [3.63, 3.8) is 0 Å². The van der Waals surface area contributed by atoms with Gasteiger partial charge in [0.25, 0.3) is 0 Å². The molecule has 0 aliphatic carbocycles. The standard InChI is InChI=1S/C9H9ClINO3/c10-8-2-1-5(11)9(12-8)15-7-4-14-3-6(7)13/h1-2,6-7,13H,3-4H2/t6-,7-/m1/s1. The fourth-order valence-corrected chi connectivity index (χ4v) is 1.83. The van der Waals surface area contributed by atoms with E-state index >= 15 is 0 Å². The average molecular weight is 342 g/mol. The molecule has 2 rings (SSSR count). The monoisotopic (exact) mass is 341 g/mol. The second kappa shape index (κ2) is 4.82. The Bertz CT molecular complexity index is 363. The maximum atomic E-state index is 9.50. The second-order valence-electron chi connectivity index (χ2n) is 3.18. The average Bonchev–Trinajstić information content (AvgIpc) is 2.58. The number of ether oxygens (including phenoxy) is 2. The van der Waals surface area contributed by atoms with E-state index in [1.165, 1.54) is 0 Å². The van der Waals surface area contributed by atoms with Gasteiger partial charge in [-0.2, -0.15) is 0 Å². The summed E-state index contributed by atoms with van der Waals surface area (Å²) in [4.78, 5) is 4.04. The molecule has 4 nitrogen and oxygen atoms in total. The van der Waals surface area contributed by atoms with E-state index in [2.05, 4.69) is 27.6 Å². The lowest BCUT2D eigenvalue weighted by Crippen LogP contribution is -2.30. The molecule has 2 atom stereocenters. The molecule has 0 saturated carbocycles. The highest BCUT2D eigenvalue weighted by atomic mass is 127. The van der Waals surface area contributed by atoms with Gasteiger partial charge < -0.3 is 14.6 Å². The van der Waals surface area contributed by atoms with Crippen molar-refractivity contribution in [1.82, 2.24) is 4.98 Å². The lowest BCUT2D eigenvalue weighted by molar-refractivity contribution is 0.0698. The summed E-state index contributed by atoms with van der Waals surface area (Å²) in [6.45, 7) is 0.688. The van der Waals surface area contributed by atoms with Crippen molar-refractivity contribution in [2.75, 3.05) is 13.2 Å². The lowest BCUT2D eigenvalue weighted by Gasteiger charge is -2.15. The minimum absolute atomic E-state index is 0.307. The number of hydrogen-bond donors (Lipinski definition) is 1.